The van der Waals surface area contributed by atoms with Crippen LogP contribution in [0.3, 0.4) is 0 Å². The third kappa shape index (κ3) is 3.20. The van der Waals surface area contributed by atoms with Crippen LogP contribution in [0.15, 0.2) is 76.4 Å². The molecular formula is C16H13N3O3S. The van der Waals surface area contributed by atoms with Gasteiger partial charge in [-0.1, -0.05) is 30.3 Å². The minimum atomic E-state index is -3.77. The molecule has 1 aromatic heterocycles. The predicted molar refractivity (Wildman–Crippen MR) is 86.6 cm³/mol. The van der Waals surface area contributed by atoms with Gasteiger partial charge in [-0.2, -0.15) is 9.78 Å². The average molecular weight is 327 g/mol. The molecule has 23 heavy (non-hydrogen) atoms. The molecule has 3 rings (SSSR count). The summed E-state index contributed by atoms with van der Waals surface area (Å²) < 4.78 is 23.8. The Balaban J connectivity index is 2.08. The maximum Gasteiger partial charge on any atom is 0.271 e. The number of sulfonamides is 1. The highest BCUT2D eigenvalue weighted by Crippen LogP contribution is 2.16. The van der Waals surface area contributed by atoms with Crippen LogP contribution in [-0.2, 0) is 10.0 Å². The molecule has 0 unspecified atom stereocenters. The Hall–Kier alpha value is -2.77. The molecule has 0 bridgehead atoms. The lowest BCUT2D eigenvalue weighted by Gasteiger charge is -2.07. The Morgan fingerprint density at radius 2 is 1.52 bits per heavy atom. The lowest BCUT2D eigenvalue weighted by atomic mass is 10.1. The Kier molecular flexibility index (Phi) is 3.81. The van der Waals surface area contributed by atoms with Crippen molar-refractivity contribution in [3.63, 3.8) is 0 Å². The second-order valence-electron chi connectivity index (χ2n) is 4.87. The highest BCUT2D eigenvalue weighted by Gasteiger charge is 2.09. The highest BCUT2D eigenvalue weighted by molar-refractivity contribution is 7.89. The summed E-state index contributed by atoms with van der Waals surface area (Å²) in [5, 5.41) is 9.39. The molecule has 0 aliphatic heterocycles. The predicted octanol–water partition coefficient (Wildman–Crippen LogP) is 1.55. The molecule has 0 atom stereocenters. The third-order valence-electron chi connectivity index (χ3n) is 3.28. The van der Waals surface area contributed by atoms with Gasteiger partial charge in [0.25, 0.3) is 5.56 Å². The van der Waals surface area contributed by atoms with Crippen molar-refractivity contribution in [1.29, 1.82) is 0 Å². The summed E-state index contributed by atoms with van der Waals surface area (Å²) in [7, 11) is -3.77. The Labute approximate surface area is 132 Å². The van der Waals surface area contributed by atoms with Gasteiger partial charge in [-0.25, -0.2) is 13.6 Å². The monoisotopic (exact) mass is 327 g/mol. The maximum absolute atomic E-state index is 12.0. The van der Waals surface area contributed by atoms with Gasteiger partial charge in [0.05, 0.1) is 16.3 Å². The summed E-state index contributed by atoms with van der Waals surface area (Å²) in [6.07, 6.45) is 0. The highest BCUT2D eigenvalue weighted by atomic mass is 32.2. The second-order valence-corrected chi connectivity index (χ2v) is 6.43. The molecule has 7 heteroatoms. The van der Waals surface area contributed by atoms with Crippen LogP contribution < -0.4 is 10.7 Å². The van der Waals surface area contributed by atoms with E-state index in [4.69, 9.17) is 5.14 Å². The molecule has 0 saturated carbocycles. The summed E-state index contributed by atoms with van der Waals surface area (Å²) in [5.74, 6) is 0. The van der Waals surface area contributed by atoms with Crippen LogP contribution in [0.1, 0.15) is 0 Å². The minimum absolute atomic E-state index is 0.0199. The molecule has 2 aromatic carbocycles. The summed E-state index contributed by atoms with van der Waals surface area (Å²) in [6.45, 7) is 0. The van der Waals surface area contributed by atoms with Crippen molar-refractivity contribution in [3.8, 4) is 16.9 Å². The number of primary sulfonamides is 1. The number of aromatic nitrogens is 2. The zero-order valence-electron chi connectivity index (χ0n) is 12.0. The summed E-state index contributed by atoms with van der Waals surface area (Å²) >= 11 is 0. The molecule has 3 aromatic rings. The van der Waals surface area contributed by atoms with E-state index in [1.54, 1.807) is 6.07 Å². The quantitative estimate of drug-likeness (QED) is 0.789. The van der Waals surface area contributed by atoms with Gasteiger partial charge in [-0.15, -0.1) is 0 Å². The van der Waals surface area contributed by atoms with Crippen LogP contribution in [0.5, 0.6) is 0 Å². The van der Waals surface area contributed by atoms with E-state index < -0.39 is 10.0 Å². The molecule has 1 heterocycles. The first-order chi connectivity index (χ1) is 10.9. The topological polar surface area (TPSA) is 95.1 Å². The molecule has 0 amide bonds. The fourth-order valence-electron chi connectivity index (χ4n) is 2.14. The smallest absolute Gasteiger partial charge is 0.267 e. The van der Waals surface area contributed by atoms with E-state index in [0.29, 0.717) is 11.4 Å². The second kappa shape index (κ2) is 5.79. The Morgan fingerprint density at radius 1 is 0.870 bits per heavy atom. The van der Waals surface area contributed by atoms with Gasteiger partial charge in [0, 0.05) is 11.6 Å². The standard InChI is InChI=1S/C16H13N3O3S/c17-23(21,22)14-8-6-13(7-9-14)19-16(20)11-10-15(18-19)12-4-2-1-3-5-12/h1-11H,(H2,17,21,22). The van der Waals surface area contributed by atoms with Crippen LogP contribution in [0.4, 0.5) is 0 Å². The molecule has 0 saturated heterocycles. The zero-order chi connectivity index (χ0) is 16.4. The van der Waals surface area contributed by atoms with E-state index in [-0.39, 0.29) is 10.5 Å². The normalized spacial score (nSPS) is 11.3. The molecule has 116 valence electrons. The SMILES string of the molecule is NS(=O)(=O)c1ccc(-n2nc(-c3ccccc3)ccc2=O)cc1. The van der Waals surface area contributed by atoms with Gasteiger partial charge in [0.2, 0.25) is 10.0 Å². The number of nitrogens with zero attached hydrogens (tertiary/aromatic N) is 2. The lowest BCUT2D eigenvalue weighted by molar-refractivity contribution is 0.598. The number of hydrogen-bond donors (Lipinski definition) is 1. The first-order valence-electron chi connectivity index (χ1n) is 6.74. The fourth-order valence-corrected chi connectivity index (χ4v) is 2.65. The van der Waals surface area contributed by atoms with Crippen molar-refractivity contribution in [2.45, 2.75) is 4.90 Å². The van der Waals surface area contributed by atoms with E-state index in [0.717, 1.165) is 5.56 Å². The zero-order valence-corrected chi connectivity index (χ0v) is 12.8. The van der Waals surface area contributed by atoms with Crippen molar-refractivity contribution in [1.82, 2.24) is 9.78 Å². The summed E-state index contributed by atoms with van der Waals surface area (Å²) in [6, 6.07) is 18.2. The van der Waals surface area contributed by atoms with Gasteiger partial charge in [-0.05, 0) is 30.3 Å². The van der Waals surface area contributed by atoms with E-state index in [9.17, 15) is 13.2 Å². The van der Waals surface area contributed by atoms with Gasteiger partial charge in [0.1, 0.15) is 0 Å². The van der Waals surface area contributed by atoms with Crippen LogP contribution in [-0.4, -0.2) is 18.2 Å². The van der Waals surface area contributed by atoms with Gasteiger partial charge < -0.3 is 0 Å². The fraction of sp³-hybridized carbons (Fsp3) is 0. The van der Waals surface area contributed by atoms with Crippen molar-refractivity contribution in [2.75, 3.05) is 0 Å². The Bertz CT molecular complexity index is 995. The summed E-state index contributed by atoms with van der Waals surface area (Å²) in [5.41, 5.74) is 1.66. The third-order valence-corrected chi connectivity index (χ3v) is 4.21. The molecule has 0 spiro atoms. The van der Waals surface area contributed by atoms with E-state index in [2.05, 4.69) is 5.10 Å². The first-order valence-corrected chi connectivity index (χ1v) is 8.29. The molecule has 0 aliphatic rings. The van der Waals surface area contributed by atoms with Gasteiger partial charge in [-0.3, -0.25) is 4.79 Å². The molecular weight excluding hydrogens is 314 g/mol. The van der Waals surface area contributed by atoms with Crippen LogP contribution in [0.2, 0.25) is 0 Å². The van der Waals surface area contributed by atoms with Crippen molar-refractivity contribution >= 4 is 10.0 Å². The van der Waals surface area contributed by atoms with Crippen molar-refractivity contribution in [3.05, 3.63) is 77.1 Å². The van der Waals surface area contributed by atoms with E-state index >= 15 is 0 Å². The van der Waals surface area contributed by atoms with Crippen LogP contribution in [0, 0.1) is 0 Å². The van der Waals surface area contributed by atoms with Gasteiger partial charge >= 0.3 is 0 Å². The number of nitrogens with two attached hydrogens (primary N) is 1. The molecule has 6 nitrogen and oxygen atoms in total. The molecule has 2 N–H and O–H groups in total. The largest absolute Gasteiger partial charge is 0.271 e. The first kappa shape index (κ1) is 15.1. The minimum Gasteiger partial charge on any atom is -0.267 e. The van der Waals surface area contributed by atoms with Crippen molar-refractivity contribution < 1.29 is 8.42 Å². The molecule has 0 aliphatic carbocycles. The number of benzene rings is 2. The average Bonchev–Trinajstić information content (AvgIpc) is 2.55. The van der Waals surface area contributed by atoms with E-state index in [1.807, 2.05) is 30.3 Å². The van der Waals surface area contributed by atoms with Crippen LogP contribution >= 0.6 is 0 Å². The van der Waals surface area contributed by atoms with Crippen LogP contribution in [0.25, 0.3) is 16.9 Å². The molecule has 0 fully saturated rings. The summed E-state index contributed by atoms with van der Waals surface area (Å²) in [4.78, 5) is 12.0. The number of rotatable bonds is 3. The lowest BCUT2D eigenvalue weighted by Crippen LogP contribution is -2.20. The van der Waals surface area contributed by atoms with Gasteiger partial charge in [0.15, 0.2) is 0 Å². The Morgan fingerprint density at radius 3 is 2.13 bits per heavy atom. The maximum atomic E-state index is 12.0. The van der Waals surface area contributed by atoms with Crippen molar-refractivity contribution in [2.24, 2.45) is 5.14 Å². The number of hydrogen-bond acceptors (Lipinski definition) is 4. The van der Waals surface area contributed by atoms with E-state index in [1.165, 1.54) is 35.0 Å². The molecule has 0 radical (unpaired) electrons.